The van der Waals surface area contributed by atoms with E-state index in [2.05, 4.69) is 31.4 Å². The number of hydrogen-bond acceptors (Lipinski definition) is 9. The van der Waals surface area contributed by atoms with E-state index in [0.717, 1.165) is 55.3 Å². The van der Waals surface area contributed by atoms with Crippen LogP contribution < -0.4 is 15.4 Å². The molecule has 2 aromatic carbocycles. The molecule has 0 radical (unpaired) electrons. The van der Waals surface area contributed by atoms with Crippen molar-refractivity contribution in [1.29, 1.82) is 5.26 Å². The van der Waals surface area contributed by atoms with Crippen molar-refractivity contribution in [1.82, 2.24) is 14.5 Å². The average Bonchev–Trinajstić information content (AvgIpc) is 3.31. The number of aryl methyl sites for hydroxylation is 1. The number of halogens is 1. The van der Waals surface area contributed by atoms with Crippen LogP contribution in [0.5, 0.6) is 11.5 Å². The molecule has 0 spiro atoms. The minimum absolute atomic E-state index is 0.352. The maximum atomic E-state index is 13.3. The zero-order valence-electron chi connectivity index (χ0n) is 22.4. The number of benzene rings is 2. The molecule has 1 saturated heterocycles. The first kappa shape index (κ1) is 28.4. The number of nitrogens with one attached hydrogen (secondary N) is 2. The van der Waals surface area contributed by atoms with E-state index in [1.165, 1.54) is 18.3 Å². The number of rotatable bonds is 9. The van der Waals surface area contributed by atoms with E-state index in [4.69, 9.17) is 9.47 Å². The van der Waals surface area contributed by atoms with Crippen LogP contribution in [0.1, 0.15) is 11.1 Å². The Morgan fingerprint density at radius 1 is 1.18 bits per heavy atom. The van der Waals surface area contributed by atoms with Crippen LogP contribution in [0, 0.1) is 24.1 Å². The molecule has 1 aliphatic rings. The third kappa shape index (κ3) is 7.25. The highest BCUT2D eigenvalue weighted by Crippen LogP contribution is 2.32. The van der Waals surface area contributed by atoms with Crippen LogP contribution in [0.25, 0.3) is 5.52 Å². The van der Waals surface area contributed by atoms with Gasteiger partial charge < -0.3 is 24.8 Å². The summed E-state index contributed by atoms with van der Waals surface area (Å²) in [5.41, 5.74) is 4.67. The third-order valence-corrected chi connectivity index (χ3v) is 6.30. The normalized spacial score (nSPS) is 13.1. The molecule has 10 nitrogen and oxygen atoms in total. The van der Waals surface area contributed by atoms with Gasteiger partial charge in [-0.05, 0) is 43.3 Å². The number of carbonyl (C=O) groups excluding carboxylic acids is 1. The zero-order valence-corrected chi connectivity index (χ0v) is 22.4. The van der Waals surface area contributed by atoms with E-state index in [1.54, 1.807) is 28.8 Å². The van der Waals surface area contributed by atoms with E-state index in [-0.39, 0.29) is 5.82 Å². The standard InChI is InChI=1S/C22H18FN5O.C7H13NO3/c1-14-20(25-2)13-28-22(14)21(15(11-24)12-26-28)27-17-6-8-18(9-7-17)29-19-5-3-4-16(23)10-19;9-7-11-6-3-8-1-4-10-5-2-8/h3-10,12-13,25,27H,1-2H3;7H,1-6H2. The molecule has 3 heterocycles. The molecule has 4 aromatic rings. The number of nitriles is 1. The number of carbonyl (C=O) groups is 1. The van der Waals surface area contributed by atoms with Crippen molar-refractivity contribution in [2.75, 3.05) is 57.1 Å². The van der Waals surface area contributed by atoms with Crippen molar-refractivity contribution in [3.63, 3.8) is 0 Å². The fraction of sp³-hybridized carbons (Fsp3) is 0.276. The van der Waals surface area contributed by atoms with Gasteiger partial charge in [0.25, 0.3) is 6.47 Å². The average molecular weight is 547 g/mol. The number of nitrogens with zero attached hydrogens (tertiary/aromatic N) is 4. The van der Waals surface area contributed by atoms with Gasteiger partial charge in [0.1, 0.15) is 30.0 Å². The number of hydrogen-bond donors (Lipinski definition) is 2. The van der Waals surface area contributed by atoms with Crippen LogP contribution in [-0.2, 0) is 14.3 Å². The lowest BCUT2D eigenvalue weighted by Crippen LogP contribution is -2.38. The Balaban J connectivity index is 0.000000283. The van der Waals surface area contributed by atoms with Gasteiger partial charge in [0.2, 0.25) is 0 Å². The first-order valence-corrected chi connectivity index (χ1v) is 12.8. The Hall–Kier alpha value is -4.66. The molecule has 2 N–H and O–H groups in total. The maximum absolute atomic E-state index is 13.3. The molecule has 0 amide bonds. The van der Waals surface area contributed by atoms with Crippen LogP contribution in [-0.4, -0.2) is 67.5 Å². The van der Waals surface area contributed by atoms with Crippen LogP contribution in [0.15, 0.2) is 60.9 Å². The summed E-state index contributed by atoms with van der Waals surface area (Å²) in [6.07, 6.45) is 3.42. The predicted octanol–water partition coefficient (Wildman–Crippen LogP) is 4.72. The molecule has 2 aromatic heterocycles. The lowest BCUT2D eigenvalue weighted by Gasteiger charge is -2.25. The molecule has 0 bridgehead atoms. The van der Waals surface area contributed by atoms with Crippen LogP contribution >= 0.6 is 0 Å². The van der Waals surface area contributed by atoms with Gasteiger partial charge in [-0.2, -0.15) is 10.4 Å². The van der Waals surface area contributed by atoms with Gasteiger partial charge >= 0.3 is 0 Å². The summed E-state index contributed by atoms with van der Waals surface area (Å²) in [4.78, 5) is 12.0. The first-order chi connectivity index (χ1) is 19.5. The molecule has 11 heteroatoms. The molecule has 208 valence electrons. The Bertz CT molecular complexity index is 1460. The molecule has 40 heavy (non-hydrogen) atoms. The highest BCUT2D eigenvalue weighted by Gasteiger charge is 2.15. The van der Waals surface area contributed by atoms with E-state index in [9.17, 15) is 14.4 Å². The fourth-order valence-electron chi connectivity index (χ4n) is 4.22. The molecular formula is C29H31FN6O4. The lowest BCUT2D eigenvalue weighted by molar-refractivity contribution is -0.129. The van der Waals surface area contributed by atoms with Crippen LogP contribution in [0.2, 0.25) is 0 Å². The van der Waals surface area contributed by atoms with E-state index < -0.39 is 0 Å². The van der Waals surface area contributed by atoms with E-state index in [0.29, 0.717) is 35.8 Å². The molecule has 0 saturated carbocycles. The fourth-order valence-corrected chi connectivity index (χ4v) is 4.22. The molecule has 0 unspecified atom stereocenters. The van der Waals surface area contributed by atoms with Gasteiger partial charge in [0, 0.05) is 44.0 Å². The van der Waals surface area contributed by atoms with E-state index in [1.807, 2.05) is 32.3 Å². The molecule has 0 aliphatic carbocycles. The second kappa shape index (κ2) is 13.9. The highest BCUT2D eigenvalue weighted by molar-refractivity contribution is 5.87. The van der Waals surface area contributed by atoms with Gasteiger partial charge in [-0.3, -0.25) is 9.69 Å². The van der Waals surface area contributed by atoms with Gasteiger partial charge in [-0.15, -0.1) is 0 Å². The number of morpholine rings is 1. The monoisotopic (exact) mass is 546 g/mol. The summed E-state index contributed by atoms with van der Waals surface area (Å²) in [6.45, 7) is 7.25. The van der Waals surface area contributed by atoms with E-state index >= 15 is 0 Å². The van der Waals surface area contributed by atoms with Crippen molar-refractivity contribution in [3.05, 3.63) is 77.9 Å². The Morgan fingerprint density at radius 2 is 1.95 bits per heavy atom. The van der Waals surface area contributed by atoms with Gasteiger partial charge in [-0.25, -0.2) is 8.91 Å². The summed E-state index contributed by atoms with van der Waals surface area (Å²) in [5.74, 6) is 0.657. The Labute approximate surface area is 231 Å². The number of aromatic nitrogens is 2. The summed E-state index contributed by atoms with van der Waals surface area (Å²) >= 11 is 0. The van der Waals surface area contributed by atoms with Gasteiger partial charge in [0.05, 0.1) is 48.1 Å². The summed E-state index contributed by atoms with van der Waals surface area (Å²) in [5, 5.41) is 20.3. The van der Waals surface area contributed by atoms with Gasteiger partial charge in [-0.1, -0.05) is 6.07 Å². The smallest absolute Gasteiger partial charge is 0.293 e. The van der Waals surface area contributed by atoms with Crippen LogP contribution in [0.4, 0.5) is 21.5 Å². The number of anilines is 3. The topological polar surface area (TPSA) is 113 Å². The second-order valence-corrected chi connectivity index (χ2v) is 8.89. The first-order valence-electron chi connectivity index (χ1n) is 12.8. The molecule has 5 rings (SSSR count). The van der Waals surface area contributed by atoms with Crippen LogP contribution in [0.3, 0.4) is 0 Å². The Kier molecular flexibility index (Phi) is 9.88. The molecular weight excluding hydrogens is 515 g/mol. The molecule has 1 fully saturated rings. The minimum Gasteiger partial charge on any atom is -0.467 e. The van der Waals surface area contributed by atoms with Crippen molar-refractivity contribution in [2.45, 2.75) is 6.92 Å². The SMILES string of the molecule is CNc1cn2ncc(C#N)c(Nc3ccc(Oc4cccc(F)c4)cc3)c2c1C.O=COCCN1CCOCC1. The van der Waals surface area contributed by atoms with Crippen molar-refractivity contribution < 1.29 is 23.4 Å². The summed E-state index contributed by atoms with van der Waals surface area (Å²) < 4.78 is 30.5. The van der Waals surface area contributed by atoms with Gasteiger partial charge in [0.15, 0.2) is 0 Å². The maximum Gasteiger partial charge on any atom is 0.293 e. The Morgan fingerprint density at radius 3 is 2.62 bits per heavy atom. The third-order valence-electron chi connectivity index (χ3n) is 6.30. The lowest BCUT2D eigenvalue weighted by atomic mass is 10.1. The highest BCUT2D eigenvalue weighted by atomic mass is 19.1. The molecule has 1 aliphatic heterocycles. The van der Waals surface area contributed by atoms with Crippen molar-refractivity contribution in [2.24, 2.45) is 0 Å². The zero-order chi connectivity index (χ0) is 28.3. The predicted molar refractivity (Wildman–Crippen MR) is 150 cm³/mol. The second-order valence-electron chi connectivity index (χ2n) is 8.89. The number of ether oxygens (including phenoxy) is 3. The summed E-state index contributed by atoms with van der Waals surface area (Å²) in [6, 6.07) is 15.4. The van der Waals surface area contributed by atoms with Crippen molar-refractivity contribution >= 4 is 29.1 Å². The quantitative estimate of drug-likeness (QED) is 0.227. The largest absolute Gasteiger partial charge is 0.467 e. The number of fused-ring (bicyclic) bond motifs is 1. The van der Waals surface area contributed by atoms with Crippen molar-refractivity contribution in [3.8, 4) is 17.6 Å². The molecule has 0 atom stereocenters. The summed E-state index contributed by atoms with van der Waals surface area (Å²) in [7, 11) is 1.84. The minimum atomic E-state index is -0.352.